The predicted octanol–water partition coefficient (Wildman–Crippen LogP) is 2.92. The summed E-state index contributed by atoms with van der Waals surface area (Å²) in [6.07, 6.45) is 5.63. The van der Waals surface area contributed by atoms with Gasteiger partial charge >= 0.3 is 0 Å². The second-order valence-corrected chi connectivity index (χ2v) is 6.21. The minimum atomic E-state index is 0.515. The van der Waals surface area contributed by atoms with Gasteiger partial charge in [-0.2, -0.15) is 0 Å². The number of rotatable bonds is 3. The van der Waals surface area contributed by atoms with E-state index in [4.69, 9.17) is 5.73 Å². The molecule has 17 heavy (non-hydrogen) atoms. The third-order valence-corrected chi connectivity index (χ3v) is 4.38. The first kappa shape index (κ1) is 13.5. The quantitative estimate of drug-likeness (QED) is 0.898. The van der Waals surface area contributed by atoms with Crippen molar-refractivity contribution in [2.75, 3.05) is 13.1 Å². The molecular formula is C12H17Br2N3. The molecule has 1 saturated heterocycles. The van der Waals surface area contributed by atoms with Crippen molar-refractivity contribution in [3.8, 4) is 0 Å². The van der Waals surface area contributed by atoms with Gasteiger partial charge in [0.25, 0.3) is 0 Å². The molecule has 0 bridgehead atoms. The minimum Gasteiger partial charge on any atom is -0.329 e. The standard InChI is InChI=1S/C12H17Br2N3/c13-9-5-11(14)12(16-7-9)8-17-4-2-1-3-10(17)6-15/h5,7,10H,1-4,6,8,15H2. The number of pyridine rings is 1. The van der Waals surface area contributed by atoms with Gasteiger partial charge in [-0.3, -0.25) is 9.88 Å². The van der Waals surface area contributed by atoms with Crippen LogP contribution in [0, 0.1) is 0 Å². The number of halogens is 2. The molecule has 0 saturated carbocycles. The molecule has 2 N–H and O–H groups in total. The highest BCUT2D eigenvalue weighted by atomic mass is 79.9. The van der Waals surface area contributed by atoms with E-state index in [2.05, 4.69) is 41.7 Å². The number of hydrogen-bond donors (Lipinski definition) is 1. The number of nitrogens with zero attached hydrogens (tertiary/aromatic N) is 2. The first-order valence-corrected chi connectivity index (χ1v) is 7.53. The zero-order valence-electron chi connectivity index (χ0n) is 9.70. The summed E-state index contributed by atoms with van der Waals surface area (Å²) in [4.78, 5) is 6.91. The van der Waals surface area contributed by atoms with Gasteiger partial charge in [0, 0.05) is 34.3 Å². The molecule has 94 valence electrons. The molecule has 1 aliphatic heterocycles. The lowest BCUT2D eigenvalue weighted by molar-refractivity contribution is 0.143. The fourth-order valence-corrected chi connectivity index (χ4v) is 3.40. The van der Waals surface area contributed by atoms with Gasteiger partial charge < -0.3 is 5.73 Å². The number of aromatic nitrogens is 1. The van der Waals surface area contributed by atoms with E-state index in [0.29, 0.717) is 6.04 Å². The van der Waals surface area contributed by atoms with E-state index in [1.807, 2.05) is 12.3 Å². The molecule has 1 unspecified atom stereocenters. The average Bonchev–Trinajstić information content (AvgIpc) is 2.33. The van der Waals surface area contributed by atoms with Crippen LogP contribution in [-0.4, -0.2) is 29.0 Å². The molecule has 3 nitrogen and oxygen atoms in total. The monoisotopic (exact) mass is 361 g/mol. The number of piperidine rings is 1. The summed E-state index contributed by atoms with van der Waals surface area (Å²) in [5.41, 5.74) is 6.92. The number of hydrogen-bond acceptors (Lipinski definition) is 3. The van der Waals surface area contributed by atoms with E-state index in [-0.39, 0.29) is 0 Å². The summed E-state index contributed by atoms with van der Waals surface area (Å²) in [5.74, 6) is 0. The molecule has 0 aliphatic carbocycles. The highest BCUT2D eigenvalue weighted by Gasteiger charge is 2.22. The summed E-state index contributed by atoms with van der Waals surface area (Å²) >= 11 is 6.99. The molecule has 1 atom stereocenters. The zero-order chi connectivity index (χ0) is 12.3. The topological polar surface area (TPSA) is 42.1 Å². The maximum absolute atomic E-state index is 5.83. The van der Waals surface area contributed by atoms with Crippen LogP contribution < -0.4 is 5.73 Å². The summed E-state index contributed by atoms with van der Waals surface area (Å²) < 4.78 is 2.07. The smallest absolute Gasteiger partial charge is 0.0686 e. The molecule has 0 amide bonds. The van der Waals surface area contributed by atoms with Crippen LogP contribution >= 0.6 is 31.9 Å². The Morgan fingerprint density at radius 2 is 2.24 bits per heavy atom. The Morgan fingerprint density at radius 3 is 2.94 bits per heavy atom. The third-order valence-electron chi connectivity index (χ3n) is 3.26. The Kier molecular flexibility index (Phi) is 4.97. The van der Waals surface area contributed by atoms with Crippen LogP contribution in [0.2, 0.25) is 0 Å². The van der Waals surface area contributed by atoms with E-state index >= 15 is 0 Å². The molecule has 0 aromatic carbocycles. The Bertz CT molecular complexity index is 384. The van der Waals surface area contributed by atoms with Gasteiger partial charge in [0.15, 0.2) is 0 Å². The van der Waals surface area contributed by atoms with Crippen molar-refractivity contribution in [1.29, 1.82) is 0 Å². The third kappa shape index (κ3) is 3.50. The lowest BCUT2D eigenvalue weighted by Crippen LogP contribution is -2.43. The lowest BCUT2D eigenvalue weighted by atomic mass is 10.0. The van der Waals surface area contributed by atoms with Crippen LogP contribution in [0.5, 0.6) is 0 Å². The van der Waals surface area contributed by atoms with Crippen molar-refractivity contribution in [3.05, 3.63) is 26.9 Å². The van der Waals surface area contributed by atoms with Gasteiger partial charge in [-0.05, 0) is 57.3 Å². The Labute approximate surface area is 119 Å². The van der Waals surface area contributed by atoms with E-state index < -0.39 is 0 Å². The molecule has 0 spiro atoms. The van der Waals surface area contributed by atoms with Gasteiger partial charge in [0.05, 0.1) is 5.69 Å². The van der Waals surface area contributed by atoms with Crippen LogP contribution in [-0.2, 0) is 6.54 Å². The van der Waals surface area contributed by atoms with Crippen LogP contribution in [0.3, 0.4) is 0 Å². The Morgan fingerprint density at radius 1 is 1.41 bits per heavy atom. The largest absolute Gasteiger partial charge is 0.329 e. The summed E-state index contributed by atoms with van der Waals surface area (Å²) in [7, 11) is 0. The first-order valence-electron chi connectivity index (χ1n) is 5.94. The maximum atomic E-state index is 5.83. The first-order chi connectivity index (χ1) is 8.20. The van der Waals surface area contributed by atoms with Crippen molar-refractivity contribution in [2.45, 2.75) is 31.8 Å². The SMILES string of the molecule is NCC1CCCCN1Cc1ncc(Br)cc1Br. The Hall–Kier alpha value is 0.0300. The lowest BCUT2D eigenvalue weighted by Gasteiger charge is -2.34. The van der Waals surface area contributed by atoms with Crippen molar-refractivity contribution in [3.63, 3.8) is 0 Å². The second kappa shape index (κ2) is 6.27. The molecular weight excluding hydrogens is 346 g/mol. The van der Waals surface area contributed by atoms with Gasteiger partial charge in [-0.25, -0.2) is 0 Å². The summed E-state index contributed by atoms with van der Waals surface area (Å²) in [6, 6.07) is 2.56. The summed E-state index contributed by atoms with van der Waals surface area (Å²) in [6.45, 7) is 2.76. The molecule has 1 aliphatic rings. The van der Waals surface area contributed by atoms with E-state index in [1.165, 1.54) is 19.3 Å². The molecule has 5 heteroatoms. The highest BCUT2D eigenvalue weighted by Crippen LogP contribution is 2.24. The van der Waals surface area contributed by atoms with Gasteiger partial charge in [-0.15, -0.1) is 0 Å². The molecule has 1 fully saturated rings. The van der Waals surface area contributed by atoms with Crippen LogP contribution in [0.15, 0.2) is 21.2 Å². The zero-order valence-corrected chi connectivity index (χ0v) is 12.9. The van der Waals surface area contributed by atoms with Crippen molar-refractivity contribution in [1.82, 2.24) is 9.88 Å². The fraction of sp³-hybridized carbons (Fsp3) is 0.583. The van der Waals surface area contributed by atoms with E-state index in [1.54, 1.807) is 0 Å². The predicted molar refractivity (Wildman–Crippen MR) is 76.7 cm³/mol. The molecule has 2 rings (SSSR count). The van der Waals surface area contributed by atoms with Crippen LogP contribution in [0.1, 0.15) is 25.0 Å². The minimum absolute atomic E-state index is 0.515. The average molecular weight is 363 g/mol. The summed E-state index contributed by atoms with van der Waals surface area (Å²) in [5, 5.41) is 0. The normalized spacial score (nSPS) is 21.7. The maximum Gasteiger partial charge on any atom is 0.0686 e. The van der Waals surface area contributed by atoms with E-state index in [9.17, 15) is 0 Å². The molecule has 1 aromatic rings. The number of nitrogens with two attached hydrogens (primary N) is 1. The molecule has 1 aromatic heterocycles. The molecule has 2 heterocycles. The number of likely N-dealkylation sites (tertiary alicyclic amines) is 1. The van der Waals surface area contributed by atoms with Gasteiger partial charge in [-0.1, -0.05) is 6.42 Å². The van der Waals surface area contributed by atoms with Gasteiger partial charge in [0.2, 0.25) is 0 Å². The van der Waals surface area contributed by atoms with Crippen molar-refractivity contribution >= 4 is 31.9 Å². The second-order valence-electron chi connectivity index (χ2n) is 4.44. The van der Waals surface area contributed by atoms with Crippen molar-refractivity contribution < 1.29 is 0 Å². The van der Waals surface area contributed by atoms with Gasteiger partial charge in [0.1, 0.15) is 0 Å². The Balaban J connectivity index is 2.08. The van der Waals surface area contributed by atoms with Crippen LogP contribution in [0.25, 0.3) is 0 Å². The van der Waals surface area contributed by atoms with Crippen molar-refractivity contribution in [2.24, 2.45) is 5.73 Å². The molecule has 0 radical (unpaired) electrons. The fourth-order valence-electron chi connectivity index (χ4n) is 2.29. The highest BCUT2D eigenvalue weighted by molar-refractivity contribution is 9.11. The van der Waals surface area contributed by atoms with Crippen LogP contribution in [0.4, 0.5) is 0 Å². The van der Waals surface area contributed by atoms with E-state index in [0.717, 1.165) is 34.3 Å².